The second-order valence-corrected chi connectivity index (χ2v) is 4.59. The summed E-state index contributed by atoms with van der Waals surface area (Å²) >= 11 is 0. The highest BCUT2D eigenvalue weighted by molar-refractivity contribution is 5.80. The second kappa shape index (κ2) is 3.91. The van der Waals surface area contributed by atoms with Crippen molar-refractivity contribution in [2.24, 2.45) is 0 Å². The van der Waals surface area contributed by atoms with Gasteiger partial charge in [-0.2, -0.15) is 0 Å². The highest BCUT2D eigenvalue weighted by atomic mass is 16.5. The lowest BCUT2D eigenvalue weighted by atomic mass is 10.1. The molecule has 0 spiro atoms. The van der Waals surface area contributed by atoms with E-state index in [0.29, 0.717) is 0 Å². The van der Waals surface area contributed by atoms with Crippen molar-refractivity contribution >= 4 is 16.9 Å². The molecule has 0 N–H and O–H groups in total. The summed E-state index contributed by atoms with van der Waals surface area (Å²) in [6, 6.07) is 14.2. The van der Waals surface area contributed by atoms with Gasteiger partial charge in [-0.15, -0.1) is 0 Å². The standard InChI is InChI=1S/C16H15NO/c1-11(2)12-8-9-16-14(10-12)17(3)13-6-4-5-7-15(13)18-16/h4-10H,1H2,2-3H3. The molecule has 2 heteroatoms. The first-order chi connectivity index (χ1) is 8.66. The van der Waals surface area contributed by atoms with E-state index in [0.717, 1.165) is 34.0 Å². The van der Waals surface area contributed by atoms with Crippen LogP contribution in [0.3, 0.4) is 0 Å². The number of hydrogen-bond donors (Lipinski definition) is 0. The van der Waals surface area contributed by atoms with Gasteiger partial charge >= 0.3 is 0 Å². The molecule has 0 aliphatic carbocycles. The van der Waals surface area contributed by atoms with E-state index in [2.05, 4.69) is 30.7 Å². The van der Waals surface area contributed by atoms with Crippen LogP contribution >= 0.6 is 0 Å². The van der Waals surface area contributed by atoms with E-state index in [1.165, 1.54) is 0 Å². The number of benzene rings is 2. The zero-order chi connectivity index (χ0) is 12.7. The van der Waals surface area contributed by atoms with E-state index < -0.39 is 0 Å². The highest BCUT2D eigenvalue weighted by Gasteiger charge is 2.21. The highest BCUT2D eigenvalue weighted by Crippen LogP contribution is 2.46. The Labute approximate surface area is 107 Å². The first kappa shape index (κ1) is 10.9. The number of nitrogens with zero attached hydrogens (tertiary/aromatic N) is 1. The number of rotatable bonds is 1. The number of hydrogen-bond acceptors (Lipinski definition) is 2. The third-order valence-electron chi connectivity index (χ3n) is 3.26. The van der Waals surface area contributed by atoms with Crippen molar-refractivity contribution in [1.82, 2.24) is 0 Å². The summed E-state index contributed by atoms with van der Waals surface area (Å²) in [6.07, 6.45) is 0. The minimum atomic E-state index is 0.890. The molecule has 3 rings (SSSR count). The molecule has 2 aromatic carbocycles. The maximum Gasteiger partial charge on any atom is 0.151 e. The van der Waals surface area contributed by atoms with Crippen molar-refractivity contribution in [3.8, 4) is 11.5 Å². The van der Waals surface area contributed by atoms with Gasteiger partial charge in [0.05, 0.1) is 11.4 Å². The lowest BCUT2D eigenvalue weighted by Crippen LogP contribution is -2.15. The van der Waals surface area contributed by atoms with Crippen LogP contribution in [0.1, 0.15) is 12.5 Å². The SMILES string of the molecule is C=C(C)c1ccc2c(c1)N(C)c1ccccc1O2. The van der Waals surface area contributed by atoms with Gasteiger partial charge in [-0.3, -0.25) is 0 Å². The van der Waals surface area contributed by atoms with Crippen molar-refractivity contribution < 1.29 is 4.74 Å². The molecule has 0 radical (unpaired) electrons. The van der Waals surface area contributed by atoms with E-state index in [1.807, 2.05) is 37.3 Å². The summed E-state index contributed by atoms with van der Waals surface area (Å²) in [5.41, 5.74) is 4.37. The van der Waals surface area contributed by atoms with Gasteiger partial charge < -0.3 is 9.64 Å². The van der Waals surface area contributed by atoms with Crippen LogP contribution in [0.5, 0.6) is 11.5 Å². The normalized spacial score (nSPS) is 12.4. The van der Waals surface area contributed by atoms with Crippen LogP contribution in [-0.4, -0.2) is 7.05 Å². The summed E-state index contributed by atoms with van der Waals surface area (Å²) in [5.74, 6) is 1.79. The Bertz CT molecular complexity index is 631. The zero-order valence-corrected chi connectivity index (χ0v) is 10.6. The monoisotopic (exact) mass is 237 g/mol. The zero-order valence-electron chi connectivity index (χ0n) is 10.6. The van der Waals surface area contributed by atoms with Crippen LogP contribution in [0, 0.1) is 0 Å². The van der Waals surface area contributed by atoms with Crippen LogP contribution in [0.2, 0.25) is 0 Å². The molecular formula is C16H15NO. The molecule has 0 unspecified atom stereocenters. The molecule has 0 amide bonds. The summed E-state index contributed by atoms with van der Waals surface area (Å²) in [6.45, 7) is 6.00. The number of ether oxygens (including phenoxy) is 1. The van der Waals surface area contributed by atoms with Crippen LogP contribution in [-0.2, 0) is 0 Å². The molecule has 1 aliphatic heterocycles. The van der Waals surface area contributed by atoms with Gasteiger partial charge in [-0.05, 0) is 36.8 Å². The lowest BCUT2D eigenvalue weighted by Gasteiger charge is -2.30. The molecule has 18 heavy (non-hydrogen) atoms. The first-order valence-corrected chi connectivity index (χ1v) is 5.97. The van der Waals surface area contributed by atoms with Crippen molar-refractivity contribution in [3.63, 3.8) is 0 Å². The molecule has 0 saturated carbocycles. The lowest BCUT2D eigenvalue weighted by molar-refractivity contribution is 0.475. The fourth-order valence-corrected chi connectivity index (χ4v) is 2.20. The van der Waals surface area contributed by atoms with Gasteiger partial charge in [0, 0.05) is 7.05 Å². The van der Waals surface area contributed by atoms with E-state index in [4.69, 9.17) is 4.74 Å². The predicted molar refractivity (Wildman–Crippen MR) is 75.7 cm³/mol. The Kier molecular flexibility index (Phi) is 2.37. The predicted octanol–water partition coefficient (Wildman–Crippen LogP) is 4.59. The molecule has 0 saturated heterocycles. The molecule has 0 aromatic heterocycles. The van der Waals surface area contributed by atoms with Gasteiger partial charge in [-0.1, -0.05) is 30.4 Å². The average Bonchev–Trinajstić information content (AvgIpc) is 2.38. The second-order valence-electron chi connectivity index (χ2n) is 4.59. The average molecular weight is 237 g/mol. The molecule has 0 fully saturated rings. The first-order valence-electron chi connectivity index (χ1n) is 5.97. The van der Waals surface area contributed by atoms with Crippen LogP contribution in [0.15, 0.2) is 49.0 Å². The third kappa shape index (κ3) is 1.58. The summed E-state index contributed by atoms with van der Waals surface area (Å²) in [4.78, 5) is 2.15. The molecule has 1 aliphatic rings. The van der Waals surface area contributed by atoms with E-state index in [1.54, 1.807) is 0 Å². The fourth-order valence-electron chi connectivity index (χ4n) is 2.20. The maximum absolute atomic E-state index is 5.91. The van der Waals surface area contributed by atoms with Crippen LogP contribution in [0.25, 0.3) is 5.57 Å². The van der Waals surface area contributed by atoms with E-state index in [-0.39, 0.29) is 0 Å². The summed E-state index contributed by atoms with van der Waals surface area (Å²) < 4.78 is 5.91. The van der Waals surface area contributed by atoms with Crippen molar-refractivity contribution in [2.75, 3.05) is 11.9 Å². The minimum absolute atomic E-state index is 0.890. The van der Waals surface area contributed by atoms with E-state index in [9.17, 15) is 0 Å². The quantitative estimate of drug-likeness (QED) is 0.719. The number of para-hydroxylation sites is 2. The van der Waals surface area contributed by atoms with Crippen molar-refractivity contribution in [2.45, 2.75) is 6.92 Å². The number of anilines is 2. The Hall–Kier alpha value is -2.22. The molecule has 90 valence electrons. The molecule has 0 bridgehead atoms. The number of fused-ring (bicyclic) bond motifs is 2. The molecule has 2 aromatic rings. The Morgan fingerprint density at radius 2 is 1.78 bits per heavy atom. The molecular weight excluding hydrogens is 222 g/mol. The van der Waals surface area contributed by atoms with Crippen LogP contribution < -0.4 is 9.64 Å². The Morgan fingerprint density at radius 1 is 1.06 bits per heavy atom. The maximum atomic E-state index is 5.91. The van der Waals surface area contributed by atoms with Gasteiger partial charge in [0.25, 0.3) is 0 Å². The summed E-state index contributed by atoms with van der Waals surface area (Å²) in [7, 11) is 2.06. The minimum Gasteiger partial charge on any atom is -0.453 e. The van der Waals surface area contributed by atoms with Crippen molar-refractivity contribution in [1.29, 1.82) is 0 Å². The van der Waals surface area contributed by atoms with Gasteiger partial charge in [0.1, 0.15) is 0 Å². The molecule has 2 nitrogen and oxygen atoms in total. The van der Waals surface area contributed by atoms with E-state index >= 15 is 0 Å². The van der Waals surface area contributed by atoms with Gasteiger partial charge in [-0.25, -0.2) is 0 Å². The largest absolute Gasteiger partial charge is 0.453 e. The fraction of sp³-hybridized carbons (Fsp3) is 0.125. The summed E-state index contributed by atoms with van der Waals surface area (Å²) in [5, 5.41) is 0. The van der Waals surface area contributed by atoms with Gasteiger partial charge in [0.15, 0.2) is 11.5 Å². The molecule has 1 heterocycles. The Morgan fingerprint density at radius 3 is 2.56 bits per heavy atom. The number of allylic oxidation sites excluding steroid dienone is 1. The smallest absolute Gasteiger partial charge is 0.151 e. The van der Waals surface area contributed by atoms with Crippen LogP contribution in [0.4, 0.5) is 11.4 Å². The Balaban J connectivity index is 2.14. The third-order valence-corrected chi connectivity index (χ3v) is 3.26. The topological polar surface area (TPSA) is 12.5 Å². The van der Waals surface area contributed by atoms with Gasteiger partial charge in [0.2, 0.25) is 0 Å². The van der Waals surface area contributed by atoms with Crippen molar-refractivity contribution in [3.05, 3.63) is 54.6 Å². The molecule has 0 atom stereocenters.